The molecule has 3 aromatic heterocycles. The highest BCUT2D eigenvalue weighted by Crippen LogP contribution is 2.37. The van der Waals surface area contributed by atoms with E-state index < -0.39 is 15.8 Å². The number of ether oxygens (including phenoxy) is 2. The molecule has 0 atom stereocenters. The third-order valence-electron chi connectivity index (χ3n) is 5.92. The van der Waals surface area contributed by atoms with Crippen LogP contribution in [0, 0.1) is 12.7 Å². The predicted octanol–water partition coefficient (Wildman–Crippen LogP) is 4.31. The van der Waals surface area contributed by atoms with Crippen molar-refractivity contribution in [1.29, 1.82) is 0 Å². The van der Waals surface area contributed by atoms with Crippen LogP contribution in [0.25, 0.3) is 27.7 Å². The minimum Gasteiger partial charge on any atom is -0.495 e. The van der Waals surface area contributed by atoms with Crippen LogP contribution in [0.2, 0.25) is 0 Å². The number of halogens is 1. The van der Waals surface area contributed by atoms with Gasteiger partial charge in [0, 0.05) is 23.1 Å². The van der Waals surface area contributed by atoms with Crippen molar-refractivity contribution >= 4 is 26.7 Å². The number of rotatable bonds is 7. The maximum absolute atomic E-state index is 14.0. The molecule has 0 unspecified atom stereocenters. The van der Waals surface area contributed by atoms with Crippen molar-refractivity contribution in [2.24, 2.45) is 0 Å². The van der Waals surface area contributed by atoms with Crippen LogP contribution in [-0.4, -0.2) is 37.3 Å². The number of benzene rings is 2. The molecule has 12 heteroatoms. The number of pyridine rings is 2. The molecule has 194 valence electrons. The van der Waals surface area contributed by atoms with Crippen molar-refractivity contribution < 1.29 is 26.8 Å². The fourth-order valence-electron chi connectivity index (χ4n) is 4.19. The zero-order valence-electron chi connectivity index (χ0n) is 20.4. The van der Waals surface area contributed by atoms with E-state index in [1.54, 1.807) is 25.1 Å². The van der Waals surface area contributed by atoms with Gasteiger partial charge in [0.2, 0.25) is 5.88 Å². The fourth-order valence-corrected chi connectivity index (χ4v) is 5.21. The summed E-state index contributed by atoms with van der Waals surface area (Å²) in [5, 5.41) is 4.06. The second kappa shape index (κ2) is 9.63. The lowest BCUT2D eigenvalue weighted by atomic mass is 9.99. The fraction of sp³-hybridized carbons (Fsp3) is 0.115. The van der Waals surface area contributed by atoms with E-state index in [0.717, 1.165) is 6.20 Å². The SMILES string of the molecule is COc1cc(-c2cc(F)cnc2OC)c(C)cc1-n1c(=O)ccc2cc(S(=O)(=O)Nc3ccon3)ccc21. The van der Waals surface area contributed by atoms with Gasteiger partial charge in [0.15, 0.2) is 5.82 Å². The second-order valence-electron chi connectivity index (χ2n) is 8.27. The summed E-state index contributed by atoms with van der Waals surface area (Å²) in [6.07, 6.45) is 2.31. The molecule has 0 spiro atoms. The zero-order valence-corrected chi connectivity index (χ0v) is 21.2. The lowest BCUT2D eigenvalue weighted by Gasteiger charge is -2.18. The summed E-state index contributed by atoms with van der Waals surface area (Å²) in [4.78, 5) is 17.1. The molecule has 5 rings (SSSR count). The van der Waals surface area contributed by atoms with Gasteiger partial charge in [0.25, 0.3) is 15.6 Å². The van der Waals surface area contributed by atoms with Gasteiger partial charge in [-0.25, -0.2) is 17.8 Å². The highest BCUT2D eigenvalue weighted by molar-refractivity contribution is 7.92. The molecule has 0 bridgehead atoms. The smallest absolute Gasteiger partial charge is 0.263 e. The first-order valence-corrected chi connectivity index (χ1v) is 12.7. The minimum absolute atomic E-state index is 0.0256. The summed E-state index contributed by atoms with van der Waals surface area (Å²) in [6, 6.07) is 13.4. The third kappa shape index (κ3) is 4.45. The molecular weight excluding hydrogens is 515 g/mol. The topological polar surface area (TPSA) is 126 Å². The largest absolute Gasteiger partial charge is 0.495 e. The molecule has 0 saturated carbocycles. The first kappa shape index (κ1) is 25.0. The minimum atomic E-state index is -3.96. The Morgan fingerprint density at radius 1 is 1.00 bits per heavy atom. The lowest BCUT2D eigenvalue weighted by Crippen LogP contribution is -2.19. The second-order valence-corrected chi connectivity index (χ2v) is 9.95. The average molecular weight is 537 g/mol. The van der Waals surface area contributed by atoms with E-state index >= 15 is 0 Å². The van der Waals surface area contributed by atoms with Crippen LogP contribution in [-0.2, 0) is 10.0 Å². The van der Waals surface area contributed by atoms with Crippen LogP contribution in [0.3, 0.4) is 0 Å². The van der Waals surface area contributed by atoms with Gasteiger partial charge < -0.3 is 14.0 Å². The zero-order chi connectivity index (χ0) is 27.0. The number of methoxy groups -OCH3 is 2. The summed E-state index contributed by atoms with van der Waals surface area (Å²) >= 11 is 0. The third-order valence-corrected chi connectivity index (χ3v) is 7.27. The van der Waals surface area contributed by atoms with E-state index in [0.29, 0.717) is 39.0 Å². The molecule has 0 aliphatic carbocycles. The van der Waals surface area contributed by atoms with Crippen LogP contribution in [0.1, 0.15) is 5.56 Å². The van der Waals surface area contributed by atoms with Gasteiger partial charge in [-0.2, -0.15) is 0 Å². The van der Waals surface area contributed by atoms with E-state index in [-0.39, 0.29) is 22.2 Å². The molecule has 0 aliphatic heterocycles. The molecule has 2 aromatic carbocycles. The van der Waals surface area contributed by atoms with Crippen molar-refractivity contribution in [2.75, 3.05) is 18.9 Å². The quantitative estimate of drug-likeness (QED) is 0.326. The van der Waals surface area contributed by atoms with Gasteiger partial charge >= 0.3 is 0 Å². The van der Waals surface area contributed by atoms with Gasteiger partial charge in [-0.1, -0.05) is 5.16 Å². The van der Waals surface area contributed by atoms with Gasteiger partial charge in [-0.05, 0) is 60.5 Å². The van der Waals surface area contributed by atoms with Crippen LogP contribution in [0.15, 0.2) is 81.3 Å². The Hall–Kier alpha value is -4.71. The molecule has 3 heterocycles. The molecule has 10 nitrogen and oxygen atoms in total. The summed E-state index contributed by atoms with van der Waals surface area (Å²) in [6.45, 7) is 1.80. The predicted molar refractivity (Wildman–Crippen MR) is 138 cm³/mol. The van der Waals surface area contributed by atoms with Crippen molar-refractivity contribution in [2.45, 2.75) is 11.8 Å². The Morgan fingerprint density at radius 2 is 1.82 bits per heavy atom. The molecule has 0 fully saturated rings. The highest BCUT2D eigenvalue weighted by atomic mass is 32.2. The van der Waals surface area contributed by atoms with Crippen LogP contribution in [0.4, 0.5) is 10.2 Å². The highest BCUT2D eigenvalue weighted by Gasteiger charge is 2.20. The Balaban J connectivity index is 1.66. The number of hydrogen-bond acceptors (Lipinski definition) is 8. The van der Waals surface area contributed by atoms with E-state index in [1.807, 2.05) is 0 Å². The van der Waals surface area contributed by atoms with E-state index in [2.05, 4.69) is 19.4 Å². The van der Waals surface area contributed by atoms with Crippen molar-refractivity contribution in [3.63, 3.8) is 0 Å². The standard InChI is InChI=1S/C26H21FN4O6S/c1-15-10-22(23(35-2)13-19(15)20-12-17(27)14-28-26(20)36-3)31-21-6-5-18(11-16(21)4-7-25(31)32)38(33,34)30-24-8-9-37-29-24/h4-14H,1-3H3,(H,29,30). The van der Waals surface area contributed by atoms with Crippen LogP contribution < -0.4 is 19.8 Å². The number of sulfonamides is 1. The number of nitrogens with zero attached hydrogens (tertiary/aromatic N) is 3. The van der Waals surface area contributed by atoms with E-state index in [4.69, 9.17) is 9.47 Å². The summed E-state index contributed by atoms with van der Waals surface area (Å²) < 4.78 is 59.1. The number of aryl methyl sites for hydroxylation is 1. The van der Waals surface area contributed by atoms with Crippen molar-refractivity contribution in [3.8, 4) is 28.4 Å². The van der Waals surface area contributed by atoms with E-state index in [1.165, 1.54) is 61.4 Å². The maximum Gasteiger partial charge on any atom is 0.263 e. The summed E-state index contributed by atoms with van der Waals surface area (Å²) in [5.41, 5.74) is 2.25. The summed E-state index contributed by atoms with van der Waals surface area (Å²) in [5.74, 6) is 0.0771. The Kier molecular flexibility index (Phi) is 6.33. The van der Waals surface area contributed by atoms with E-state index in [9.17, 15) is 17.6 Å². The van der Waals surface area contributed by atoms with Gasteiger partial charge in [0.05, 0.1) is 36.5 Å². The monoisotopic (exact) mass is 536 g/mol. The van der Waals surface area contributed by atoms with Crippen molar-refractivity contribution in [3.05, 3.63) is 88.8 Å². The first-order valence-electron chi connectivity index (χ1n) is 11.2. The normalized spacial score (nSPS) is 11.5. The van der Waals surface area contributed by atoms with Crippen LogP contribution >= 0.6 is 0 Å². The molecule has 0 saturated heterocycles. The number of nitrogens with one attached hydrogen (secondary N) is 1. The maximum atomic E-state index is 14.0. The Morgan fingerprint density at radius 3 is 2.53 bits per heavy atom. The van der Waals surface area contributed by atoms with Gasteiger partial charge in [-0.3, -0.25) is 14.1 Å². The Labute approximate surface area is 216 Å². The molecular formula is C26H21FN4O6S. The van der Waals surface area contributed by atoms with Gasteiger partial charge in [0.1, 0.15) is 17.8 Å². The molecule has 5 aromatic rings. The molecule has 0 amide bonds. The lowest BCUT2D eigenvalue weighted by molar-refractivity contribution is 0.397. The number of aromatic nitrogens is 3. The van der Waals surface area contributed by atoms with Crippen LogP contribution in [0.5, 0.6) is 11.6 Å². The number of hydrogen-bond donors (Lipinski definition) is 1. The number of fused-ring (bicyclic) bond motifs is 1. The van der Waals surface area contributed by atoms with Crippen molar-refractivity contribution in [1.82, 2.24) is 14.7 Å². The molecule has 1 N–H and O–H groups in total. The van der Waals surface area contributed by atoms with Gasteiger partial charge in [-0.15, -0.1) is 0 Å². The first-order chi connectivity index (χ1) is 18.2. The average Bonchev–Trinajstić information content (AvgIpc) is 3.40. The summed E-state index contributed by atoms with van der Waals surface area (Å²) in [7, 11) is -1.07. The molecule has 0 aliphatic rings. The Bertz CT molecular complexity index is 1840. The molecule has 38 heavy (non-hydrogen) atoms. The molecule has 0 radical (unpaired) electrons. The number of anilines is 1.